The zero-order chi connectivity index (χ0) is 22.0. The molecule has 31 heavy (non-hydrogen) atoms. The Kier molecular flexibility index (Phi) is 6.54. The van der Waals surface area contributed by atoms with E-state index in [1.165, 1.54) is 6.33 Å². The van der Waals surface area contributed by atoms with Crippen LogP contribution in [0, 0.1) is 0 Å². The molecule has 2 aromatic heterocycles. The lowest BCUT2D eigenvalue weighted by atomic mass is 10.1. The number of nitrogens with one attached hydrogen (secondary N) is 1. The molecule has 5 N–H and O–H groups in total. The standard InChI is InChI=1S/C20H25ClN6O4/c1-30-8-2-3-13-15(28)16(29)19(31-13)27-18-14(17(22)24-10-25-18)26-20(27)23-9-11-4-6-12(21)7-5-11/h4-7,10,13,15-16,19,28-29H,2-3,8-9H2,1H3,(H,23,26)(H2,22,24,25)/t13-,15-,16-,19-/m1/s1. The van der Waals surface area contributed by atoms with Gasteiger partial charge in [0.1, 0.15) is 18.5 Å². The van der Waals surface area contributed by atoms with Crippen molar-refractivity contribution in [2.75, 3.05) is 24.8 Å². The predicted octanol–water partition coefficient (Wildman–Crippen LogP) is 1.72. The first-order valence-electron chi connectivity index (χ1n) is 9.97. The number of benzene rings is 1. The first-order valence-corrected chi connectivity index (χ1v) is 10.3. The van der Waals surface area contributed by atoms with E-state index in [9.17, 15) is 10.2 Å². The molecule has 0 aliphatic carbocycles. The molecule has 3 aromatic rings. The van der Waals surface area contributed by atoms with E-state index in [4.69, 9.17) is 26.8 Å². The minimum absolute atomic E-state index is 0.211. The van der Waals surface area contributed by atoms with Gasteiger partial charge in [-0.1, -0.05) is 23.7 Å². The normalized spacial score (nSPS) is 23.5. The third kappa shape index (κ3) is 4.43. The monoisotopic (exact) mass is 448 g/mol. The molecule has 0 spiro atoms. The molecule has 4 atom stereocenters. The lowest BCUT2D eigenvalue weighted by Crippen LogP contribution is -2.32. The maximum atomic E-state index is 10.8. The first-order chi connectivity index (χ1) is 15.0. The predicted molar refractivity (Wildman–Crippen MR) is 116 cm³/mol. The van der Waals surface area contributed by atoms with Gasteiger partial charge < -0.3 is 30.7 Å². The maximum absolute atomic E-state index is 10.8. The van der Waals surface area contributed by atoms with Crippen molar-refractivity contribution in [2.24, 2.45) is 0 Å². The molecule has 10 nitrogen and oxygen atoms in total. The van der Waals surface area contributed by atoms with Crippen LogP contribution < -0.4 is 11.1 Å². The summed E-state index contributed by atoms with van der Waals surface area (Å²) in [6, 6.07) is 7.39. The number of nitrogen functional groups attached to an aromatic ring is 1. The average molecular weight is 449 g/mol. The summed E-state index contributed by atoms with van der Waals surface area (Å²) in [5.41, 5.74) is 7.76. The topological polar surface area (TPSA) is 141 Å². The summed E-state index contributed by atoms with van der Waals surface area (Å²) >= 11 is 5.96. The summed E-state index contributed by atoms with van der Waals surface area (Å²) in [5.74, 6) is 0.605. The van der Waals surface area contributed by atoms with Crippen LogP contribution in [0.5, 0.6) is 0 Å². The van der Waals surface area contributed by atoms with Crippen LogP contribution in [0.15, 0.2) is 30.6 Å². The Morgan fingerprint density at radius 2 is 2.00 bits per heavy atom. The van der Waals surface area contributed by atoms with E-state index in [1.807, 2.05) is 12.1 Å². The summed E-state index contributed by atoms with van der Waals surface area (Å²) in [6.07, 6.45) is -1.10. The smallest absolute Gasteiger partial charge is 0.207 e. The number of methoxy groups -OCH3 is 1. The van der Waals surface area contributed by atoms with Crippen molar-refractivity contribution in [3.63, 3.8) is 0 Å². The molecule has 0 radical (unpaired) electrons. The Morgan fingerprint density at radius 3 is 2.74 bits per heavy atom. The number of fused-ring (bicyclic) bond motifs is 1. The van der Waals surface area contributed by atoms with E-state index in [2.05, 4.69) is 20.3 Å². The quantitative estimate of drug-likeness (QED) is 0.379. The van der Waals surface area contributed by atoms with E-state index in [1.54, 1.807) is 23.8 Å². The number of anilines is 2. The highest BCUT2D eigenvalue weighted by Crippen LogP contribution is 2.36. The van der Waals surface area contributed by atoms with Gasteiger partial charge in [-0.15, -0.1) is 0 Å². The fraction of sp³-hybridized carbons (Fsp3) is 0.450. The Morgan fingerprint density at radius 1 is 1.23 bits per heavy atom. The van der Waals surface area contributed by atoms with Crippen molar-refractivity contribution in [3.05, 3.63) is 41.2 Å². The molecule has 1 saturated heterocycles. The van der Waals surface area contributed by atoms with Crippen molar-refractivity contribution in [3.8, 4) is 0 Å². The lowest BCUT2D eigenvalue weighted by molar-refractivity contribution is -0.0374. The van der Waals surface area contributed by atoms with Gasteiger partial charge in [0.05, 0.1) is 6.10 Å². The van der Waals surface area contributed by atoms with Crippen LogP contribution in [0.4, 0.5) is 11.8 Å². The molecule has 11 heteroatoms. The number of imidazole rings is 1. The zero-order valence-corrected chi connectivity index (χ0v) is 17.7. The Balaban J connectivity index is 1.64. The number of ether oxygens (including phenoxy) is 2. The SMILES string of the molecule is COCCC[C@H]1O[C@@H](n2c(NCc3ccc(Cl)cc3)nc3c(N)ncnc32)[C@H](O)[C@@H]1O. The van der Waals surface area contributed by atoms with Crippen LogP contribution in [-0.2, 0) is 16.0 Å². The summed E-state index contributed by atoms with van der Waals surface area (Å²) in [6.45, 7) is 0.982. The summed E-state index contributed by atoms with van der Waals surface area (Å²) in [4.78, 5) is 12.8. The number of aromatic nitrogens is 4. The zero-order valence-electron chi connectivity index (χ0n) is 17.0. The van der Waals surface area contributed by atoms with Gasteiger partial charge in [-0.2, -0.15) is 0 Å². The Hall–Kier alpha value is -2.50. The summed E-state index contributed by atoms with van der Waals surface area (Å²) < 4.78 is 12.7. The highest BCUT2D eigenvalue weighted by molar-refractivity contribution is 6.30. The number of hydrogen-bond acceptors (Lipinski definition) is 9. The van der Waals surface area contributed by atoms with Crippen molar-refractivity contribution < 1.29 is 19.7 Å². The van der Waals surface area contributed by atoms with Crippen molar-refractivity contribution in [2.45, 2.75) is 43.9 Å². The van der Waals surface area contributed by atoms with Crippen molar-refractivity contribution >= 4 is 34.5 Å². The Bertz CT molecular complexity index is 1030. The Labute approximate surface area is 184 Å². The maximum Gasteiger partial charge on any atom is 0.207 e. The number of nitrogens with two attached hydrogens (primary N) is 1. The average Bonchev–Trinajstić information content (AvgIpc) is 3.27. The van der Waals surface area contributed by atoms with Crippen molar-refractivity contribution in [1.82, 2.24) is 19.5 Å². The van der Waals surface area contributed by atoms with Gasteiger partial charge in [0.15, 0.2) is 23.2 Å². The van der Waals surface area contributed by atoms with Gasteiger partial charge >= 0.3 is 0 Å². The number of hydrogen-bond donors (Lipinski definition) is 4. The van der Waals surface area contributed by atoms with E-state index in [0.717, 1.165) is 5.56 Å². The van der Waals surface area contributed by atoms with Gasteiger partial charge in [-0.3, -0.25) is 4.57 Å². The van der Waals surface area contributed by atoms with Crippen LogP contribution in [0.1, 0.15) is 24.6 Å². The molecule has 4 rings (SSSR count). The molecule has 0 saturated carbocycles. The second kappa shape index (κ2) is 9.33. The number of aliphatic hydroxyl groups is 2. The molecule has 1 aliphatic rings. The molecule has 1 aliphatic heterocycles. The molecular formula is C20H25ClN6O4. The van der Waals surface area contributed by atoms with Gasteiger partial charge in [0.2, 0.25) is 5.95 Å². The highest BCUT2D eigenvalue weighted by Gasteiger charge is 2.45. The molecule has 0 bridgehead atoms. The van der Waals surface area contributed by atoms with Crippen LogP contribution in [0.2, 0.25) is 5.02 Å². The number of nitrogens with zero attached hydrogens (tertiary/aromatic N) is 4. The fourth-order valence-electron chi connectivity index (χ4n) is 3.69. The van der Waals surface area contributed by atoms with Gasteiger partial charge in [0.25, 0.3) is 0 Å². The largest absolute Gasteiger partial charge is 0.388 e. The van der Waals surface area contributed by atoms with Crippen LogP contribution in [0.25, 0.3) is 11.2 Å². The van der Waals surface area contributed by atoms with E-state index >= 15 is 0 Å². The summed E-state index contributed by atoms with van der Waals surface area (Å²) in [5, 5.41) is 25.2. The van der Waals surface area contributed by atoms with Crippen molar-refractivity contribution in [1.29, 1.82) is 0 Å². The van der Waals surface area contributed by atoms with E-state index in [0.29, 0.717) is 48.1 Å². The second-order valence-corrected chi connectivity index (χ2v) is 7.83. The molecule has 0 amide bonds. The molecule has 1 aromatic carbocycles. The van der Waals surface area contributed by atoms with Gasteiger partial charge in [-0.05, 0) is 30.5 Å². The van der Waals surface area contributed by atoms with Crippen LogP contribution in [0.3, 0.4) is 0 Å². The number of aliphatic hydroxyl groups excluding tert-OH is 2. The summed E-state index contributed by atoms with van der Waals surface area (Å²) in [7, 11) is 1.62. The van der Waals surface area contributed by atoms with E-state index in [-0.39, 0.29) is 5.82 Å². The molecular weight excluding hydrogens is 424 g/mol. The molecule has 0 unspecified atom stereocenters. The molecule has 166 valence electrons. The second-order valence-electron chi connectivity index (χ2n) is 7.40. The fourth-order valence-corrected chi connectivity index (χ4v) is 3.81. The van der Waals surface area contributed by atoms with Crippen LogP contribution in [-0.4, -0.2) is 61.8 Å². The third-order valence-corrected chi connectivity index (χ3v) is 5.55. The number of halogens is 1. The lowest BCUT2D eigenvalue weighted by Gasteiger charge is -2.20. The molecule has 3 heterocycles. The van der Waals surface area contributed by atoms with Gasteiger partial charge in [0, 0.05) is 25.3 Å². The van der Waals surface area contributed by atoms with E-state index < -0.39 is 24.5 Å². The minimum Gasteiger partial charge on any atom is -0.388 e. The van der Waals surface area contributed by atoms with Crippen LogP contribution >= 0.6 is 11.6 Å². The number of rotatable bonds is 8. The highest BCUT2D eigenvalue weighted by atomic mass is 35.5. The molecule has 1 fully saturated rings. The van der Waals surface area contributed by atoms with Gasteiger partial charge in [-0.25, -0.2) is 15.0 Å². The first kappa shape index (κ1) is 21.7. The third-order valence-electron chi connectivity index (χ3n) is 5.30. The minimum atomic E-state index is -1.17.